The molecule has 0 aliphatic rings. The molecule has 0 saturated heterocycles. The molecule has 1 N–H and O–H groups in total. The van der Waals surface area contributed by atoms with E-state index >= 15 is 0 Å². The Kier molecular flexibility index (Phi) is 19.3. The first kappa shape index (κ1) is 23.1. The van der Waals surface area contributed by atoms with Crippen LogP contribution >= 0.6 is 0 Å². The van der Waals surface area contributed by atoms with Crippen molar-refractivity contribution in [3.05, 3.63) is 0 Å². The molecule has 0 saturated carbocycles. The summed E-state index contributed by atoms with van der Waals surface area (Å²) in [5.41, 5.74) is 0. The summed E-state index contributed by atoms with van der Waals surface area (Å²) in [6.07, 6.45) is 2.56. The third kappa shape index (κ3) is 29.7. The number of hydrogen-bond acceptors (Lipinski definition) is 1. The van der Waals surface area contributed by atoms with E-state index in [0.717, 1.165) is 17.8 Å². The van der Waals surface area contributed by atoms with Gasteiger partial charge in [-0.05, 0) is 30.6 Å². The monoisotopic (exact) mass is 260 g/mol. The number of aliphatic hydroxyl groups is 1. The predicted octanol–water partition coefficient (Wildman–Crippen LogP) is 5.76. The Morgan fingerprint density at radius 3 is 0.944 bits per heavy atom. The van der Waals surface area contributed by atoms with E-state index < -0.39 is 0 Å². The summed E-state index contributed by atoms with van der Waals surface area (Å²) in [6.45, 7) is 21.5. The van der Waals surface area contributed by atoms with Crippen molar-refractivity contribution in [2.24, 2.45) is 23.7 Å². The molecule has 1 nitrogen and oxygen atoms in total. The predicted molar refractivity (Wildman–Crippen MR) is 85.9 cm³/mol. The van der Waals surface area contributed by atoms with Gasteiger partial charge in [0, 0.05) is 0 Å². The normalized spacial score (nSPS) is 12.2. The third-order valence-corrected chi connectivity index (χ3v) is 3.16. The van der Waals surface area contributed by atoms with Gasteiger partial charge < -0.3 is 5.11 Å². The molecule has 0 amide bonds. The van der Waals surface area contributed by atoms with Crippen LogP contribution in [0.5, 0.6) is 0 Å². The molecule has 0 aliphatic heterocycles. The van der Waals surface area contributed by atoms with E-state index in [0.29, 0.717) is 5.92 Å². The molecule has 114 valence electrons. The number of aliphatic hydroxyl groups excluding tert-OH is 1. The average molecular weight is 261 g/mol. The van der Waals surface area contributed by atoms with Gasteiger partial charge in [0.15, 0.2) is 0 Å². The van der Waals surface area contributed by atoms with Crippen molar-refractivity contribution >= 4 is 0 Å². The molecule has 0 aromatic rings. The van der Waals surface area contributed by atoms with Crippen molar-refractivity contribution in [2.75, 3.05) is 0 Å². The molecule has 18 heavy (non-hydrogen) atoms. The highest BCUT2D eigenvalue weighted by atomic mass is 16.3. The second-order valence-electron chi connectivity index (χ2n) is 6.66. The Morgan fingerprint density at radius 1 is 0.667 bits per heavy atom. The SMILES string of the molecule is CC(C)C(C)C.CC(C)C(C)O.CCCC(C)C. The maximum atomic E-state index is 8.63. The van der Waals surface area contributed by atoms with Gasteiger partial charge >= 0.3 is 0 Å². The van der Waals surface area contributed by atoms with Gasteiger partial charge in [0.2, 0.25) is 0 Å². The van der Waals surface area contributed by atoms with Crippen LogP contribution in [0.3, 0.4) is 0 Å². The first-order valence-corrected chi connectivity index (χ1v) is 7.74. The van der Waals surface area contributed by atoms with Crippen molar-refractivity contribution in [1.82, 2.24) is 0 Å². The molecule has 0 radical (unpaired) electrons. The van der Waals surface area contributed by atoms with Crippen LogP contribution in [0.25, 0.3) is 0 Å². The second-order valence-corrected chi connectivity index (χ2v) is 6.66. The summed E-state index contributed by atoms with van der Waals surface area (Å²) in [5.74, 6) is 3.01. The third-order valence-electron chi connectivity index (χ3n) is 3.16. The van der Waals surface area contributed by atoms with E-state index in [1.54, 1.807) is 6.92 Å². The lowest BCUT2D eigenvalue weighted by molar-refractivity contribution is 0.144. The van der Waals surface area contributed by atoms with Crippen LogP contribution in [0.15, 0.2) is 0 Å². The summed E-state index contributed by atoms with van der Waals surface area (Å²) < 4.78 is 0. The minimum Gasteiger partial charge on any atom is -0.393 e. The average Bonchev–Trinajstić information content (AvgIpc) is 2.18. The van der Waals surface area contributed by atoms with Gasteiger partial charge in [-0.25, -0.2) is 0 Å². The van der Waals surface area contributed by atoms with E-state index in [4.69, 9.17) is 5.11 Å². The fourth-order valence-corrected chi connectivity index (χ4v) is 0.577. The van der Waals surface area contributed by atoms with E-state index in [1.807, 2.05) is 13.8 Å². The number of rotatable bonds is 4. The van der Waals surface area contributed by atoms with Gasteiger partial charge in [0.25, 0.3) is 0 Å². The fourth-order valence-electron chi connectivity index (χ4n) is 0.577. The summed E-state index contributed by atoms with van der Waals surface area (Å²) >= 11 is 0. The lowest BCUT2D eigenvalue weighted by atomic mass is 10.0. The van der Waals surface area contributed by atoms with Gasteiger partial charge in [-0.1, -0.05) is 75.2 Å². The molecule has 1 heteroatoms. The van der Waals surface area contributed by atoms with Crippen molar-refractivity contribution in [1.29, 1.82) is 0 Å². The van der Waals surface area contributed by atoms with Crippen molar-refractivity contribution in [3.63, 3.8) is 0 Å². The van der Waals surface area contributed by atoms with E-state index in [1.165, 1.54) is 12.8 Å². The fraction of sp³-hybridized carbons (Fsp3) is 1.00. The summed E-state index contributed by atoms with van der Waals surface area (Å²) in [5, 5.41) is 8.63. The molecular formula is C17H40O. The van der Waals surface area contributed by atoms with Gasteiger partial charge in [-0.3, -0.25) is 0 Å². The first-order valence-electron chi connectivity index (χ1n) is 7.74. The smallest absolute Gasteiger partial charge is 0.0535 e. The lowest BCUT2D eigenvalue weighted by Crippen LogP contribution is -2.07. The van der Waals surface area contributed by atoms with Crippen LogP contribution in [0.4, 0.5) is 0 Å². The zero-order chi connectivity index (χ0) is 15.3. The minimum atomic E-state index is -0.148. The quantitative estimate of drug-likeness (QED) is 0.681. The van der Waals surface area contributed by atoms with Crippen molar-refractivity contribution < 1.29 is 5.11 Å². The van der Waals surface area contributed by atoms with Gasteiger partial charge in [-0.15, -0.1) is 0 Å². The van der Waals surface area contributed by atoms with Crippen molar-refractivity contribution in [3.8, 4) is 0 Å². The van der Waals surface area contributed by atoms with E-state index in [-0.39, 0.29) is 6.10 Å². The van der Waals surface area contributed by atoms with Crippen LogP contribution in [0.1, 0.15) is 82.1 Å². The number of hydrogen-bond donors (Lipinski definition) is 1. The van der Waals surface area contributed by atoms with Crippen LogP contribution in [0, 0.1) is 23.7 Å². The Morgan fingerprint density at radius 2 is 0.944 bits per heavy atom. The van der Waals surface area contributed by atoms with Crippen LogP contribution in [-0.4, -0.2) is 11.2 Å². The Hall–Kier alpha value is -0.0400. The van der Waals surface area contributed by atoms with Crippen molar-refractivity contribution in [2.45, 2.75) is 88.2 Å². The molecule has 0 rings (SSSR count). The molecule has 0 spiro atoms. The zero-order valence-electron chi connectivity index (χ0n) is 14.7. The van der Waals surface area contributed by atoms with Gasteiger partial charge in [-0.2, -0.15) is 0 Å². The van der Waals surface area contributed by atoms with E-state index in [2.05, 4.69) is 48.5 Å². The zero-order valence-corrected chi connectivity index (χ0v) is 14.7. The molecular weight excluding hydrogens is 220 g/mol. The summed E-state index contributed by atoms with van der Waals surface area (Å²) in [4.78, 5) is 0. The lowest BCUT2D eigenvalue weighted by Gasteiger charge is -2.05. The van der Waals surface area contributed by atoms with Crippen LogP contribution < -0.4 is 0 Å². The largest absolute Gasteiger partial charge is 0.393 e. The standard InChI is InChI=1S/2C6H14.C5H12O/c1-5(2)6(3)4;1-4-5-6(2)3;1-4(2)5(3)6/h5-6H,1-4H3;6H,4-5H2,1-3H3;4-6H,1-3H3. The summed E-state index contributed by atoms with van der Waals surface area (Å²) in [7, 11) is 0. The summed E-state index contributed by atoms with van der Waals surface area (Å²) in [6, 6.07) is 0. The molecule has 0 aromatic carbocycles. The van der Waals surface area contributed by atoms with Crippen LogP contribution in [0.2, 0.25) is 0 Å². The molecule has 0 fully saturated rings. The minimum absolute atomic E-state index is 0.148. The first-order chi connectivity index (χ1) is 8.06. The maximum Gasteiger partial charge on any atom is 0.0535 e. The molecule has 1 unspecified atom stereocenters. The van der Waals surface area contributed by atoms with Crippen LogP contribution in [-0.2, 0) is 0 Å². The molecule has 1 atom stereocenters. The molecule has 0 heterocycles. The molecule has 0 bridgehead atoms. The topological polar surface area (TPSA) is 20.2 Å². The Labute approximate surface area is 117 Å². The highest BCUT2D eigenvalue weighted by Crippen LogP contribution is 2.05. The Bertz CT molecular complexity index is 111. The second kappa shape index (κ2) is 15.0. The highest BCUT2D eigenvalue weighted by molar-refractivity contribution is 4.48. The molecule has 0 aliphatic carbocycles. The van der Waals surface area contributed by atoms with Gasteiger partial charge in [0.05, 0.1) is 6.10 Å². The Balaban J connectivity index is -0.000000187. The maximum absolute atomic E-state index is 8.63. The highest BCUT2D eigenvalue weighted by Gasteiger charge is 1.97. The van der Waals surface area contributed by atoms with E-state index in [9.17, 15) is 0 Å². The molecule has 0 aromatic heterocycles. The van der Waals surface area contributed by atoms with Gasteiger partial charge in [0.1, 0.15) is 0 Å².